The summed E-state index contributed by atoms with van der Waals surface area (Å²) < 4.78 is 53.6. The first kappa shape index (κ1) is 40.4. The molecule has 18 atom stereocenters. The summed E-state index contributed by atoms with van der Waals surface area (Å²) in [6.45, 7) is 9.94. The van der Waals surface area contributed by atoms with Gasteiger partial charge in [0.25, 0.3) is 0 Å². The first-order valence-corrected chi connectivity index (χ1v) is 19.5. The number of rotatable bonds is 11. The van der Waals surface area contributed by atoms with Gasteiger partial charge in [-0.05, 0) is 84.9 Å². The van der Waals surface area contributed by atoms with Crippen LogP contribution in [-0.4, -0.2) is 130 Å². The van der Waals surface area contributed by atoms with Gasteiger partial charge in [0.05, 0.1) is 37.6 Å². The highest BCUT2D eigenvalue weighted by atomic mass is 32.3. The summed E-state index contributed by atoms with van der Waals surface area (Å²) in [5, 5.41) is 79.5. The summed E-state index contributed by atoms with van der Waals surface area (Å²) in [6.07, 6.45) is -3.83. The lowest BCUT2D eigenvalue weighted by Gasteiger charge is -2.67. The molecular formula is C35H60O14S. The highest BCUT2D eigenvalue weighted by Crippen LogP contribution is 2.69. The molecule has 1 saturated heterocycles. The summed E-state index contributed by atoms with van der Waals surface area (Å²) in [5.74, 6) is -2.33. The summed E-state index contributed by atoms with van der Waals surface area (Å²) in [6, 6.07) is 0. The fourth-order valence-corrected chi connectivity index (χ4v) is 11.7. The molecule has 0 amide bonds. The van der Waals surface area contributed by atoms with E-state index in [0.717, 1.165) is 0 Å². The smallest absolute Gasteiger partial charge is 0.393 e. The minimum Gasteiger partial charge on any atom is -0.393 e. The van der Waals surface area contributed by atoms with Gasteiger partial charge in [0, 0.05) is 13.0 Å². The number of fused-ring (bicyclic) bond motifs is 5. The van der Waals surface area contributed by atoms with Crippen molar-refractivity contribution in [3.8, 4) is 0 Å². The van der Waals surface area contributed by atoms with Gasteiger partial charge in [0.1, 0.15) is 23.9 Å². The second-order valence-corrected chi connectivity index (χ2v) is 17.8. The van der Waals surface area contributed by atoms with Crippen LogP contribution >= 0.6 is 0 Å². The maximum atomic E-state index is 12.6. The Hall–Kier alpha value is -0.790. The fraction of sp³-hybridized carbons (Fsp3) is 0.943. The molecule has 0 aromatic carbocycles. The third-order valence-corrected chi connectivity index (χ3v) is 14.1. The van der Waals surface area contributed by atoms with Crippen LogP contribution < -0.4 is 0 Å². The quantitative estimate of drug-likeness (QED) is 0.108. The third-order valence-electron chi connectivity index (χ3n) is 13.7. The summed E-state index contributed by atoms with van der Waals surface area (Å²) in [5.41, 5.74) is -3.17. The lowest BCUT2D eigenvalue weighted by Crippen LogP contribution is -2.75. The van der Waals surface area contributed by atoms with E-state index in [1.165, 1.54) is 7.11 Å². The van der Waals surface area contributed by atoms with Crippen molar-refractivity contribution in [1.29, 1.82) is 0 Å². The van der Waals surface area contributed by atoms with Crippen molar-refractivity contribution in [2.75, 3.05) is 20.3 Å². The molecule has 15 heteroatoms. The molecule has 1 aliphatic heterocycles. The topological polar surface area (TPSA) is 233 Å². The lowest BCUT2D eigenvalue weighted by molar-refractivity contribution is -0.309. The number of hydrogen-bond acceptors (Lipinski definition) is 13. The van der Waals surface area contributed by atoms with Gasteiger partial charge < -0.3 is 50.0 Å². The van der Waals surface area contributed by atoms with Crippen LogP contribution in [0.15, 0.2) is 12.2 Å². The van der Waals surface area contributed by atoms with E-state index in [4.69, 9.17) is 18.4 Å². The molecule has 50 heavy (non-hydrogen) atoms. The molecule has 1 heterocycles. The molecule has 5 aliphatic rings. The highest BCUT2D eigenvalue weighted by molar-refractivity contribution is 7.80. The minimum atomic E-state index is -4.90. The average molecular weight is 737 g/mol. The van der Waals surface area contributed by atoms with Crippen LogP contribution in [0.3, 0.4) is 0 Å². The first-order chi connectivity index (χ1) is 23.2. The Morgan fingerprint density at radius 2 is 1.58 bits per heavy atom. The van der Waals surface area contributed by atoms with E-state index in [9.17, 15) is 48.7 Å². The maximum absolute atomic E-state index is 12.6. The summed E-state index contributed by atoms with van der Waals surface area (Å²) in [4.78, 5) is 0. The molecule has 0 aromatic rings. The molecule has 4 aliphatic carbocycles. The Morgan fingerprint density at radius 1 is 0.920 bits per heavy atom. The molecule has 6 unspecified atom stereocenters. The second kappa shape index (κ2) is 14.8. The van der Waals surface area contributed by atoms with Crippen LogP contribution in [0.4, 0.5) is 0 Å². The van der Waals surface area contributed by atoms with Crippen molar-refractivity contribution in [2.24, 2.45) is 52.3 Å². The van der Waals surface area contributed by atoms with E-state index < -0.39 is 106 Å². The molecule has 0 spiro atoms. The molecule has 8 N–H and O–H groups in total. The number of methoxy groups -OCH3 is 1. The predicted octanol–water partition coefficient (Wildman–Crippen LogP) is 0.796. The standard InChI is InChI=1S/C35H60O14S/c1-17(2)19(11-14-47-32-29(49-50(43,44)45)28(46-6)22(37)16-48-32)8-7-18(3)24-26(39)27(40)30-34(24,5)13-10-23-33(4)12-9-20(36)15-21(33)25(38)31(41)35(23,30)42/h7-8,17-32,36-42H,9-16H2,1-6H3,(H,43,44,45)/b8-7+/t18-,19-,20+,21?,22-,23?,24+,25-,26-,27?,28?,29?,30?,31-,32-,33+,34-,35+/m1/s1. The van der Waals surface area contributed by atoms with Gasteiger partial charge in [0.2, 0.25) is 0 Å². The normalized spacial score (nSPS) is 49.4. The van der Waals surface area contributed by atoms with Crippen molar-refractivity contribution >= 4 is 10.4 Å². The number of aliphatic hydroxyl groups is 7. The van der Waals surface area contributed by atoms with Crippen LogP contribution in [0.1, 0.15) is 73.1 Å². The summed E-state index contributed by atoms with van der Waals surface area (Å²) >= 11 is 0. The Labute approximate surface area is 295 Å². The van der Waals surface area contributed by atoms with E-state index in [-0.39, 0.29) is 31.0 Å². The first-order valence-electron chi connectivity index (χ1n) is 18.1. The van der Waals surface area contributed by atoms with Gasteiger partial charge in [-0.3, -0.25) is 4.55 Å². The van der Waals surface area contributed by atoms with E-state index >= 15 is 0 Å². The van der Waals surface area contributed by atoms with Gasteiger partial charge in [-0.1, -0.05) is 46.8 Å². The molecule has 5 rings (SSSR count). The van der Waals surface area contributed by atoms with Crippen LogP contribution in [0.25, 0.3) is 0 Å². The Bertz CT molecular complexity index is 1310. The van der Waals surface area contributed by atoms with Gasteiger partial charge in [-0.15, -0.1) is 0 Å². The van der Waals surface area contributed by atoms with Crippen molar-refractivity contribution in [2.45, 2.75) is 134 Å². The van der Waals surface area contributed by atoms with Crippen LogP contribution in [0, 0.1) is 52.3 Å². The van der Waals surface area contributed by atoms with Crippen LogP contribution in [0.5, 0.6) is 0 Å². The van der Waals surface area contributed by atoms with Crippen molar-refractivity contribution in [1.82, 2.24) is 0 Å². The molecule has 0 aromatic heterocycles. The number of ether oxygens (including phenoxy) is 3. The molecule has 290 valence electrons. The molecular weight excluding hydrogens is 676 g/mol. The number of hydrogen-bond donors (Lipinski definition) is 8. The SMILES string of the molecule is COC1C(OS(=O)(=O)O)[C@H](OCC[C@@H](/C=C/[C@@H](C)[C@H]2[C@@H](O)C(O)C3[C@@]4(O)C(CC[C@@]32C)[C@@]2(C)CC[C@H](O)CC2[C@@H](O)[C@H]4O)C(C)C)OC[C@H]1O. The monoisotopic (exact) mass is 736 g/mol. The zero-order valence-corrected chi connectivity index (χ0v) is 30.8. The second-order valence-electron chi connectivity index (χ2n) is 16.7. The molecule has 5 fully saturated rings. The molecule has 0 bridgehead atoms. The predicted molar refractivity (Wildman–Crippen MR) is 178 cm³/mol. The van der Waals surface area contributed by atoms with E-state index in [1.54, 1.807) is 0 Å². The Kier molecular flexibility index (Phi) is 12.0. The van der Waals surface area contributed by atoms with Gasteiger partial charge in [-0.25, -0.2) is 4.18 Å². The van der Waals surface area contributed by atoms with Crippen molar-refractivity contribution < 1.29 is 67.1 Å². The van der Waals surface area contributed by atoms with E-state index in [0.29, 0.717) is 38.5 Å². The number of allylic oxidation sites excluding steroid dienone is 2. The minimum absolute atomic E-state index is 0.0355. The number of aliphatic hydroxyl groups excluding tert-OH is 6. The zero-order chi connectivity index (χ0) is 37.1. The van der Waals surface area contributed by atoms with Crippen molar-refractivity contribution in [3.05, 3.63) is 12.2 Å². The fourth-order valence-electron chi connectivity index (χ4n) is 11.2. The van der Waals surface area contributed by atoms with Gasteiger partial charge >= 0.3 is 10.4 Å². The van der Waals surface area contributed by atoms with Crippen LogP contribution in [-0.2, 0) is 28.8 Å². The maximum Gasteiger partial charge on any atom is 0.397 e. The Morgan fingerprint density at radius 3 is 2.20 bits per heavy atom. The molecule has 0 radical (unpaired) electrons. The van der Waals surface area contributed by atoms with E-state index in [1.807, 2.05) is 46.8 Å². The summed E-state index contributed by atoms with van der Waals surface area (Å²) in [7, 11) is -3.64. The molecule has 4 saturated carbocycles. The average Bonchev–Trinajstić information content (AvgIpc) is 3.23. The van der Waals surface area contributed by atoms with E-state index in [2.05, 4.69) is 0 Å². The Balaban J connectivity index is 1.31. The van der Waals surface area contributed by atoms with Gasteiger partial charge in [0.15, 0.2) is 12.4 Å². The molecule has 14 nitrogen and oxygen atoms in total. The van der Waals surface area contributed by atoms with Crippen molar-refractivity contribution in [3.63, 3.8) is 0 Å². The largest absolute Gasteiger partial charge is 0.397 e. The zero-order valence-electron chi connectivity index (χ0n) is 30.0. The lowest BCUT2D eigenvalue weighted by atomic mass is 9.41. The van der Waals surface area contributed by atoms with Crippen LogP contribution in [0.2, 0.25) is 0 Å². The van der Waals surface area contributed by atoms with Gasteiger partial charge in [-0.2, -0.15) is 8.42 Å². The third kappa shape index (κ3) is 6.98. The highest BCUT2D eigenvalue weighted by Gasteiger charge is 2.75.